The molecule has 2 heterocycles. The highest BCUT2D eigenvalue weighted by Crippen LogP contribution is 2.22. The number of hydrogen-bond acceptors (Lipinski definition) is 5. The van der Waals surface area contributed by atoms with E-state index in [0.29, 0.717) is 11.2 Å². The average Bonchev–Trinajstić information content (AvgIpc) is 2.91. The molecule has 11 heteroatoms. The molecular formula is C17H18F3N5O2S. The van der Waals surface area contributed by atoms with Crippen molar-refractivity contribution in [1.29, 1.82) is 0 Å². The van der Waals surface area contributed by atoms with E-state index in [-0.39, 0.29) is 5.75 Å². The van der Waals surface area contributed by atoms with Gasteiger partial charge in [0.2, 0.25) is 11.8 Å². The molecule has 0 saturated carbocycles. The predicted octanol–water partition coefficient (Wildman–Crippen LogP) is 2.27. The molecule has 0 aliphatic carbocycles. The van der Waals surface area contributed by atoms with Gasteiger partial charge in [-0.3, -0.25) is 9.59 Å². The monoisotopic (exact) mass is 413 g/mol. The van der Waals surface area contributed by atoms with Gasteiger partial charge in [0.05, 0.1) is 18.0 Å². The van der Waals surface area contributed by atoms with Crippen LogP contribution in [0.2, 0.25) is 0 Å². The van der Waals surface area contributed by atoms with Crippen molar-refractivity contribution in [2.24, 2.45) is 0 Å². The molecule has 1 aliphatic heterocycles. The Balaban J connectivity index is 1.46. The SMILES string of the molecule is O=C(CSc1nnc2n1CCCCC2)NCC(=O)Nc1ccc(F)c(F)c1F. The fourth-order valence-corrected chi connectivity index (χ4v) is 3.56. The second-order valence-electron chi connectivity index (χ2n) is 6.20. The Kier molecular flexibility index (Phi) is 6.55. The van der Waals surface area contributed by atoms with Crippen LogP contribution in [-0.4, -0.2) is 38.9 Å². The number of fused-ring (bicyclic) bond motifs is 1. The molecule has 0 fully saturated rings. The zero-order valence-corrected chi connectivity index (χ0v) is 15.6. The van der Waals surface area contributed by atoms with Crippen LogP contribution in [0.5, 0.6) is 0 Å². The van der Waals surface area contributed by atoms with Crippen molar-refractivity contribution in [3.05, 3.63) is 35.4 Å². The minimum atomic E-state index is -1.68. The van der Waals surface area contributed by atoms with Crippen molar-refractivity contribution in [3.8, 4) is 0 Å². The Morgan fingerprint density at radius 3 is 2.71 bits per heavy atom. The highest BCUT2D eigenvalue weighted by atomic mass is 32.2. The van der Waals surface area contributed by atoms with Crippen LogP contribution >= 0.6 is 11.8 Å². The third kappa shape index (κ3) is 4.83. The van der Waals surface area contributed by atoms with E-state index in [1.807, 2.05) is 4.57 Å². The van der Waals surface area contributed by atoms with Gasteiger partial charge in [-0.15, -0.1) is 10.2 Å². The minimum Gasteiger partial charge on any atom is -0.346 e. The molecular weight excluding hydrogens is 395 g/mol. The number of aryl methyl sites for hydroxylation is 1. The van der Waals surface area contributed by atoms with Gasteiger partial charge in [-0.2, -0.15) is 0 Å². The first kappa shape index (κ1) is 20.2. The van der Waals surface area contributed by atoms with Crippen LogP contribution in [0.1, 0.15) is 25.1 Å². The molecule has 0 unspecified atom stereocenters. The van der Waals surface area contributed by atoms with E-state index < -0.39 is 41.5 Å². The van der Waals surface area contributed by atoms with Crippen LogP contribution in [-0.2, 0) is 22.6 Å². The van der Waals surface area contributed by atoms with Gasteiger partial charge < -0.3 is 15.2 Å². The molecule has 1 aromatic carbocycles. The van der Waals surface area contributed by atoms with Crippen LogP contribution in [0.25, 0.3) is 0 Å². The van der Waals surface area contributed by atoms with Crippen LogP contribution in [0.15, 0.2) is 17.3 Å². The normalized spacial score (nSPS) is 13.5. The maximum atomic E-state index is 13.5. The fraction of sp³-hybridized carbons (Fsp3) is 0.412. The van der Waals surface area contributed by atoms with Gasteiger partial charge in [0.15, 0.2) is 22.6 Å². The van der Waals surface area contributed by atoms with Crippen molar-refractivity contribution in [3.63, 3.8) is 0 Å². The lowest BCUT2D eigenvalue weighted by molar-refractivity contribution is -0.122. The first-order valence-corrected chi connectivity index (χ1v) is 9.69. The molecule has 2 amide bonds. The number of benzene rings is 1. The van der Waals surface area contributed by atoms with Gasteiger partial charge in [0.25, 0.3) is 0 Å². The summed E-state index contributed by atoms with van der Waals surface area (Å²) in [6.45, 7) is 0.379. The summed E-state index contributed by atoms with van der Waals surface area (Å²) in [5.74, 6) is -4.77. The molecule has 7 nitrogen and oxygen atoms in total. The van der Waals surface area contributed by atoms with Gasteiger partial charge in [-0.25, -0.2) is 13.2 Å². The molecule has 0 atom stereocenters. The van der Waals surface area contributed by atoms with E-state index in [9.17, 15) is 22.8 Å². The van der Waals surface area contributed by atoms with Crippen molar-refractivity contribution >= 4 is 29.3 Å². The summed E-state index contributed by atoms with van der Waals surface area (Å²) in [4.78, 5) is 23.7. The summed E-state index contributed by atoms with van der Waals surface area (Å²) < 4.78 is 41.6. The zero-order valence-electron chi connectivity index (χ0n) is 14.8. The number of amides is 2. The number of halogens is 3. The number of anilines is 1. The summed E-state index contributed by atoms with van der Waals surface area (Å²) in [5.41, 5.74) is -0.501. The predicted molar refractivity (Wildman–Crippen MR) is 96.3 cm³/mol. The number of thioether (sulfide) groups is 1. The molecule has 0 bridgehead atoms. The minimum absolute atomic E-state index is 0.0327. The second kappa shape index (κ2) is 9.09. The molecule has 0 radical (unpaired) electrons. The van der Waals surface area contributed by atoms with Gasteiger partial charge in [0, 0.05) is 13.0 Å². The molecule has 3 rings (SSSR count). The smallest absolute Gasteiger partial charge is 0.243 e. The Morgan fingerprint density at radius 2 is 1.89 bits per heavy atom. The topological polar surface area (TPSA) is 88.9 Å². The lowest BCUT2D eigenvalue weighted by Gasteiger charge is -2.09. The highest BCUT2D eigenvalue weighted by molar-refractivity contribution is 7.99. The molecule has 0 saturated heterocycles. The summed E-state index contributed by atoms with van der Waals surface area (Å²) in [6.07, 6.45) is 4.09. The Labute approximate surface area is 163 Å². The number of nitrogens with one attached hydrogen (secondary N) is 2. The fourth-order valence-electron chi connectivity index (χ4n) is 2.74. The second-order valence-corrected chi connectivity index (χ2v) is 7.14. The van der Waals surface area contributed by atoms with Crippen LogP contribution in [0, 0.1) is 17.5 Å². The number of hydrogen-bond donors (Lipinski definition) is 2. The number of aromatic nitrogens is 3. The van der Waals surface area contributed by atoms with Crippen LogP contribution in [0.3, 0.4) is 0 Å². The van der Waals surface area contributed by atoms with Gasteiger partial charge in [-0.1, -0.05) is 18.2 Å². The third-order valence-corrected chi connectivity index (χ3v) is 5.13. The molecule has 1 aliphatic rings. The summed E-state index contributed by atoms with van der Waals surface area (Å²) in [5, 5.41) is 13.4. The van der Waals surface area contributed by atoms with Gasteiger partial charge in [-0.05, 0) is 25.0 Å². The Morgan fingerprint density at radius 1 is 1.07 bits per heavy atom. The quantitative estimate of drug-likeness (QED) is 0.560. The van der Waals surface area contributed by atoms with Gasteiger partial charge in [0.1, 0.15) is 5.82 Å². The van der Waals surface area contributed by atoms with E-state index in [0.717, 1.165) is 44.1 Å². The summed E-state index contributed by atoms with van der Waals surface area (Å²) in [6, 6.07) is 1.60. The van der Waals surface area contributed by atoms with E-state index in [1.54, 1.807) is 0 Å². The van der Waals surface area contributed by atoms with Crippen LogP contribution < -0.4 is 10.6 Å². The van der Waals surface area contributed by atoms with E-state index >= 15 is 0 Å². The van der Waals surface area contributed by atoms with Crippen molar-refractivity contribution < 1.29 is 22.8 Å². The summed E-state index contributed by atoms with van der Waals surface area (Å²) in [7, 11) is 0. The van der Waals surface area contributed by atoms with Crippen molar-refractivity contribution in [2.75, 3.05) is 17.6 Å². The standard InChI is InChI=1S/C17H18F3N5O2S/c18-10-5-6-11(16(20)15(10)19)22-13(26)8-21-14(27)9-28-17-24-23-12-4-2-1-3-7-25(12)17/h5-6H,1-4,7-9H2,(H,21,27)(H,22,26). The molecule has 1 aromatic heterocycles. The molecule has 28 heavy (non-hydrogen) atoms. The first-order chi connectivity index (χ1) is 13.5. The Bertz CT molecular complexity index is 890. The van der Waals surface area contributed by atoms with Crippen molar-refractivity contribution in [1.82, 2.24) is 20.1 Å². The van der Waals surface area contributed by atoms with E-state index in [4.69, 9.17) is 0 Å². The number of rotatable bonds is 6. The van der Waals surface area contributed by atoms with Gasteiger partial charge >= 0.3 is 0 Å². The van der Waals surface area contributed by atoms with Crippen molar-refractivity contribution in [2.45, 2.75) is 37.4 Å². The molecule has 0 spiro atoms. The molecule has 2 aromatic rings. The Hall–Kier alpha value is -2.56. The highest BCUT2D eigenvalue weighted by Gasteiger charge is 2.17. The first-order valence-electron chi connectivity index (χ1n) is 8.70. The third-order valence-electron chi connectivity index (χ3n) is 4.16. The molecule has 2 N–H and O–H groups in total. The summed E-state index contributed by atoms with van der Waals surface area (Å²) >= 11 is 1.22. The average molecular weight is 413 g/mol. The lowest BCUT2D eigenvalue weighted by atomic mass is 10.2. The largest absolute Gasteiger partial charge is 0.346 e. The van der Waals surface area contributed by atoms with E-state index in [1.165, 1.54) is 11.8 Å². The number of carbonyl (C=O) groups is 2. The maximum Gasteiger partial charge on any atom is 0.243 e. The molecule has 150 valence electrons. The zero-order chi connectivity index (χ0) is 20.1. The lowest BCUT2D eigenvalue weighted by Crippen LogP contribution is -2.34. The number of nitrogens with zero attached hydrogens (tertiary/aromatic N) is 3. The number of carbonyl (C=O) groups excluding carboxylic acids is 2. The van der Waals surface area contributed by atoms with Crippen LogP contribution in [0.4, 0.5) is 18.9 Å². The maximum absolute atomic E-state index is 13.5. The van der Waals surface area contributed by atoms with E-state index in [2.05, 4.69) is 20.8 Å².